The maximum absolute atomic E-state index is 8.56. The Balaban J connectivity index is 3.10. The largest absolute Gasteiger partial charge is 0.763 e. The van der Waals surface area contributed by atoms with Gasteiger partial charge in [-0.15, -0.1) is 0 Å². The topological polar surface area (TPSA) is 46.1 Å². The Morgan fingerprint density at radius 1 is 1.33 bits per heavy atom. The Morgan fingerprint density at radius 3 is 2.33 bits per heavy atom. The molecule has 0 unspecified atom stereocenters. The molecular formula is C10H7N2-. The zero-order valence-electron chi connectivity index (χ0n) is 6.70. The van der Waals surface area contributed by atoms with Gasteiger partial charge in [0.25, 0.3) is 0 Å². The van der Waals surface area contributed by atoms with Crippen LogP contribution in [0.5, 0.6) is 0 Å². The van der Waals surface area contributed by atoms with Gasteiger partial charge in [0.1, 0.15) is 0 Å². The van der Waals surface area contributed by atoms with Crippen LogP contribution in [-0.4, -0.2) is 5.87 Å². The van der Waals surface area contributed by atoms with Gasteiger partial charge in [-0.3, -0.25) is 5.87 Å². The Labute approximate surface area is 71.3 Å². The minimum atomic E-state index is 0.615. The molecule has 0 spiro atoms. The van der Waals surface area contributed by atoms with Crippen molar-refractivity contribution in [3.8, 4) is 6.07 Å². The third-order valence-corrected chi connectivity index (χ3v) is 1.61. The normalized spacial score (nSPS) is 8.33. The highest BCUT2D eigenvalue weighted by Crippen LogP contribution is 2.10. The van der Waals surface area contributed by atoms with Crippen LogP contribution >= 0.6 is 0 Å². The number of hydrogen-bond donors (Lipinski definition) is 0. The summed E-state index contributed by atoms with van der Waals surface area (Å²) in [5.74, 6) is 2.05. The molecule has 2 nitrogen and oxygen atoms in total. The van der Waals surface area contributed by atoms with Gasteiger partial charge < -0.3 is 5.41 Å². The quantitative estimate of drug-likeness (QED) is 0.573. The highest BCUT2D eigenvalue weighted by atomic mass is 14.3. The van der Waals surface area contributed by atoms with E-state index >= 15 is 0 Å². The maximum atomic E-state index is 8.56. The molecule has 12 heavy (non-hydrogen) atoms. The third-order valence-electron chi connectivity index (χ3n) is 1.61. The molecule has 0 saturated heterocycles. The Morgan fingerprint density at radius 2 is 1.92 bits per heavy atom. The predicted molar refractivity (Wildman–Crippen MR) is 48.6 cm³/mol. The van der Waals surface area contributed by atoms with Crippen LogP contribution in [-0.2, 0) is 0 Å². The number of hydrogen-bond acceptors (Lipinski definition) is 1. The van der Waals surface area contributed by atoms with Gasteiger partial charge >= 0.3 is 0 Å². The first-order valence-electron chi connectivity index (χ1n) is 3.52. The van der Waals surface area contributed by atoms with E-state index in [0.717, 1.165) is 5.56 Å². The number of rotatable bonds is 1. The summed E-state index contributed by atoms with van der Waals surface area (Å²) in [5.41, 5.74) is 2.15. The van der Waals surface area contributed by atoms with Crippen LogP contribution in [0.2, 0.25) is 0 Å². The molecule has 2 heteroatoms. The molecule has 0 N–H and O–H groups in total. The van der Waals surface area contributed by atoms with Gasteiger partial charge in [-0.05, 0) is 30.2 Å². The zero-order valence-corrected chi connectivity index (χ0v) is 6.70. The van der Waals surface area contributed by atoms with Crippen molar-refractivity contribution in [2.75, 3.05) is 0 Å². The lowest BCUT2D eigenvalue weighted by molar-refractivity contribution is 1.47. The summed E-state index contributed by atoms with van der Waals surface area (Å²) in [5, 5.41) is 17.1. The van der Waals surface area contributed by atoms with E-state index in [2.05, 4.69) is 5.87 Å². The molecule has 1 aromatic rings. The van der Waals surface area contributed by atoms with E-state index in [1.807, 2.05) is 6.07 Å². The number of nitrogens with zero attached hydrogens (tertiary/aromatic N) is 2. The van der Waals surface area contributed by atoms with Gasteiger partial charge in [0, 0.05) is 0 Å². The monoisotopic (exact) mass is 155 g/mol. The summed E-state index contributed by atoms with van der Waals surface area (Å²) in [7, 11) is 0. The molecule has 0 heterocycles. The summed E-state index contributed by atoms with van der Waals surface area (Å²) in [6.45, 7) is 1.75. The van der Waals surface area contributed by atoms with Crippen LogP contribution in [0.25, 0.3) is 11.0 Å². The number of benzene rings is 1. The van der Waals surface area contributed by atoms with Crippen LogP contribution in [0, 0.1) is 11.3 Å². The van der Waals surface area contributed by atoms with E-state index in [-0.39, 0.29) is 0 Å². The molecule has 0 saturated carbocycles. The van der Waals surface area contributed by atoms with Gasteiger partial charge in [-0.1, -0.05) is 12.1 Å². The van der Waals surface area contributed by atoms with Crippen molar-refractivity contribution in [1.82, 2.24) is 0 Å². The van der Waals surface area contributed by atoms with Crippen molar-refractivity contribution in [1.29, 1.82) is 5.26 Å². The number of allylic oxidation sites excluding steroid dienone is 1. The van der Waals surface area contributed by atoms with E-state index in [9.17, 15) is 0 Å². The van der Waals surface area contributed by atoms with E-state index in [1.54, 1.807) is 31.2 Å². The smallest absolute Gasteiger partial charge is 0.0991 e. The van der Waals surface area contributed by atoms with Crippen LogP contribution in [0.1, 0.15) is 18.1 Å². The van der Waals surface area contributed by atoms with Crippen molar-refractivity contribution in [3.05, 3.63) is 40.8 Å². The van der Waals surface area contributed by atoms with E-state index in [4.69, 9.17) is 10.7 Å². The first-order chi connectivity index (χ1) is 5.77. The molecule has 1 rings (SSSR count). The summed E-state index contributed by atoms with van der Waals surface area (Å²) in [6.07, 6.45) is 0. The van der Waals surface area contributed by atoms with Crippen LogP contribution in [0.3, 0.4) is 0 Å². The molecular weight excluding hydrogens is 148 g/mol. The van der Waals surface area contributed by atoms with E-state index in [1.165, 1.54) is 0 Å². The van der Waals surface area contributed by atoms with Crippen LogP contribution in [0.15, 0.2) is 24.3 Å². The van der Waals surface area contributed by atoms with Gasteiger partial charge in [0.15, 0.2) is 0 Å². The van der Waals surface area contributed by atoms with Crippen molar-refractivity contribution in [2.45, 2.75) is 6.92 Å². The molecule has 0 aliphatic rings. The second kappa shape index (κ2) is 3.52. The molecule has 0 atom stereocenters. The molecule has 1 aromatic carbocycles. The molecule has 0 amide bonds. The third kappa shape index (κ3) is 1.60. The molecule has 0 fully saturated rings. The SMILES string of the molecule is CC(=C=[N-])c1ccc(C#N)cc1. The highest BCUT2D eigenvalue weighted by molar-refractivity contribution is 5.89. The van der Waals surface area contributed by atoms with Gasteiger partial charge in [-0.2, -0.15) is 5.26 Å². The Kier molecular flexibility index (Phi) is 2.42. The molecule has 0 aliphatic carbocycles. The summed E-state index contributed by atoms with van der Waals surface area (Å²) >= 11 is 0. The molecule has 0 aromatic heterocycles. The first kappa shape index (κ1) is 8.26. The molecule has 0 aliphatic heterocycles. The van der Waals surface area contributed by atoms with Crippen LogP contribution in [0.4, 0.5) is 0 Å². The Hall–Kier alpha value is -1.84. The second-order valence-corrected chi connectivity index (χ2v) is 2.43. The maximum Gasteiger partial charge on any atom is 0.0991 e. The fourth-order valence-corrected chi connectivity index (χ4v) is 0.859. The number of nitriles is 1. The lowest BCUT2D eigenvalue weighted by atomic mass is 10.1. The fraction of sp³-hybridized carbons (Fsp3) is 0.100. The summed E-state index contributed by atoms with van der Waals surface area (Å²) in [4.78, 5) is 0. The van der Waals surface area contributed by atoms with E-state index in [0.29, 0.717) is 11.1 Å². The van der Waals surface area contributed by atoms with E-state index < -0.39 is 0 Å². The predicted octanol–water partition coefficient (Wildman–Crippen LogP) is 2.20. The van der Waals surface area contributed by atoms with Gasteiger partial charge in [0.05, 0.1) is 11.6 Å². The summed E-state index contributed by atoms with van der Waals surface area (Å²) in [6, 6.07) is 8.98. The van der Waals surface area contributed by atoms with Crippen molar-refractivity contribution in [3.63, 3.8) is 0 Å². The minimum Gasteiger partial charge on any atom is -0.763 e. The molecule has 58 valence electrons. The lowest BCUT2D eigenvalue weighted by Crippen LogP contribution is -1.80. The Bertz CT molecular complexity index is 362. The summed E-state index contributed by atoms with van der Waals surface area (Å²) < 4.78 is 0. The fourth-order valence-electron chi connectivity index (χ4n) is 0.859. The van der Waals surface area contributed by atoms with Crippen LogP contribution < -0.4 is 0 Å². The van der Waals surface area contributed by atoms with Crippen molar-refractivity contribution >= 4 is 11.4 Å². The van der Waals surface area contributed by atoms with Crippen molar-refractivity contribution in [2.24, 2.45) is 0 Å². The second-order valence-electron chi connectivity index (χ2n) is 2.43. The molecule has 0 radical (unpaired) electrons. The average Bonchev–Trinajstić information content (AvgIpc) is 2.17. The average molecular weight is 155 g/mol. The van der Waals surface area contributed by atoms with Gasteiger partial charge in [-0.25, -0.2) is 0 Å². The zero-order chi connectivity index (χ0) is 8.97. The highest BCUT2D eigenvalue weighted by Gasteiger charge is 1.92. The lowest BCUT2D eigenvalue weighted by Gasteiger charge is -1.98. The first-order valence-corrected chi connectivity index (χ1v) is 3.52. The standard InChI is InChI=1S/C10H7N2/c1-8(6-11)10-4-2-9(7-12)3-5-10/h2-5H,1H3/q-1. The van der Waals surface area contributed by atoms with Crippen molar-refractivity contribution < 1.29 is 0 Å². The minimum absolute atomic E-state index is 0.615. The van der Waals surface area contributed by atoms with Gasteiger partial charge in [0.2, 0.25) is 0 Å². The molecule has 0 bridgehead atoms.